The van der Waals surface area contributed by atoms with Crippen LogP contribution in [-0.4, -0.2) is 30.8 Å². The Kier molecular flexibility index (Phi) is 5.36. The third kappa shape index (κ3) is 3.70. The average Bonchev–Trinajstić information content (AvgIpc) is 2.35. The quantitative estimate of drug-likeness (QED) is 0.851. The molecule has 0 aliphatic heterocycles. The second-order valence-corrected chi connectivity index (χ2v) is 4.86. The fourth-order valence-corrected chi connectivity index (χ4v) is 2.15. The van der Waals surface area contributed by atoms with Crippen molar-refractivity contribution >= 4 is 5.91 Å². The smallest absolute Gasteiger partial charge is 0.248 e. The van der Waals surface area contributed by atoms with E-state index in [2.05, 4.69) is 18.3 Å². The van der Waals surface area contributed by atoms with Gasteiger partial charge in [-0.25, -0.2) is 0 Å². The van der Waals surface area contributed by atoms with Crippen molar-refractivity contribution in [1.82, 2.24) is 5.32 Å². The van der Waals surface area contributed by atoms with Gasteiger partial charge in [-0.15, -0.1) is 0 Å². The van der Waals surface area contributed by atoms with Gasteiger partial charge in [-0.2, -0.15) is 0 Å². The zero-order chi connectivity index (χ0) is 14.6. The van der Waals surface area contributed by atoms with Crippen molar-refractivity contribution in [3.05, 3.63) is 28.3 Å². The molecule has 2 N–H and O–H groups in total. The molecule has 19 heavy (non-hydrogen) atoms. The van der Waals surface area contributed by atoms with Crippen LogP contribution >= 0.6 is 0 Å². The van der Waals surface area contributed by atoms with Gasteiger partial charge in [0.05, 0.1) is 7.11 Å². The van der Waals surface area contributed by atoms with Crippen LogP contribution in [0.4, 0.5) is 0 Å². The molecule has 4 heteroatoms. The molecule has 1 amide bonds. The molecule has 1 aromatic carbocycles. The van der Waals surface area contributed by atoms with E-state index in [4.69, 9.17) is 9.84 Å². The Bertz CT molecular complexity index is 467. The first-order valence-electron chi connectivity index (χ1n) is 6.48. The summed E-state index contributed by atoms with van der Waals surface area (Å²) in [5.41, 5.74) is 4.60. The molecule has 0 fully saturated rings. The number of rotatable bonds is 5. The number of aliphatic hydroxyl groups is 1. The molecule has 1 rings (SSSR count). The van der Waals surface area contributed by atoms with E-state index >= 15 is 0 Å². The molecular formula is C15H23NO3. The number of amides is 1. The predicted octanol–water partition coefficient (Wildman–Crippen LogP) is 1.66. The Balaban J connectivity index is 2.84. The number of hydrogen-bond donors (Lipinski definition) is 2. The lowest BCUT2D eigenvalue weighted by atomic mass is 9.97. The number of aryl methyl sites for hydroxylation is 2. The van der Waals surface area contributed by atoms with E-state index in [1.54, 1.807) is 7.11 Å². The molecular weight excluding hydrogens is 242 g/mol. The summed E-state index contributed by atoms with van der Waals surface area (Å²) in [6.07, 6.45) is -0.281. The molecule has 0 heterocycles. The van der Waals surface area contributed by atoms with E-state index in [-0.39, 0.29) is 5.91 Å². The molecule has 0 aliphatic carbocycles. The molecule has 1 aromatic rings. The van der Waals surface area contributed by atoms with Gasteiger partial charge in [0.25, 0.3) is 0 Å². The maximum atomic E-state index is 11.3. The highest BCUT2D eigenvalue weighted by Crippen LogP contribution is 2.29. The van der Waals surface area contributed by atoms with E-state index in [0.29, 0.717) is 13.0 Å². The van der Waals surface area contributed by atoms with Crippen LogP contribution in [0.2, 0.25) is 0 Å². The summed E-state index contributed by atoms with van der Waals surface area (Å²) in [7, 11) is 1.67. The first kappa shape index (κ1) is 15.5. The molecule has 1 atom stereocenters. The van der Waals surface area contributed by atoms with Crippen molar-refractivity contribution in [2.75, 3.05) is 13.7 Å². The topological polar surface area (TPSA) is 58.6 Å². The zero-order valence-corrected chi connectivity index (χ0v) is 12.3. The predicted molar refractivity (Wildman–Crippen MR) is 75.6 cm³/mol. The highest BCUT2D eigenvalue weighted by molar-refractivity contribution is 5.79. The summed E-state index contributed by atoms with van der Waals surface area (Å²) in [5, 5.41) is 11.8. The molecule has 4 nitrogen and oxygen atoms in total. The van der Waals surface area contributed by atoms with Gasteiger partial charge < -0.3 is 15.2 Å². The molecule has 0 aliphatic rings. The molecule has 0 spiro atoms. The SMILES string of the molecule is COc1c(C)c(C)cc(C)c1CCNC(=O)C(C)O. The first-order chi connectivity index (χ1) is 8.88. The summed E-state index contributed by atoms with van der Waals surface area (Å²) < 4.78 is 5.48. The highest BCUT2D eigenvalue weighted by atomic mass is 16.5. The van der Waals surface area contributed by atoms with Gasteiger partial charge >= 0.3 is 0 Å². The van der Waals surface area contributed by atoms with Crippen molar-refractivity contribution in [1.29, 1.82) is 0 Å². The number of nitrogens with one attached hydrogen (secondary N) is 1. The Morgan fingerprint density at radius 1 is 1.37 bits per heavy atom. The van der Waals surface area contributed by atoms with Crippen LogP contribution in [-0.2, 0) is 11.2 Å². The molecule has 0 saturated heterocycles. The summed E-state index contributed by atoms with van der Waals surface area (Å²) in [5.74, 6) is 0.546. The highest BCUT2D eigenvalue weighted by Gasteiger charge is 2.13. The fraction of sp³-hybridized carbons (Fsp3) is 0.533. The lowest BCUT2D eigenvalue weighted by molar-refractivity contribution is -0.128. The minimum absolute atomic E-state index is 0.347. The largest absolute Gasteiger partial charge is 0.496 e. The van der Waals surface area contributed by atoms with Crippen LogP contribution in [0.25, 0.3) is 0 Å². The van der Waals surface area contributed by atoms with Gasteiger partial charge in [0.1, 0.15) is 11.9 Å². The Morgan fingerprint density at radius 2 is 2.00 bits per heavy atom. The lowest BCUT2D eigenvalue weighted by Gasteiger charge is -2.17. The molecule has 0 saturated carbocycles. The van der Waals surface area contributed by atoms with E-state index in [9.17, 15) is 4.79 Å². The van der Waals surface area contributed by atoms with Gasteiger partial charge in [0.15, 0.2) is 0 Å². The molecule has 106 valence electrons. The number of aliphatic hydroxyl groups excluding tert-OH is 1. The Hall–Kier alpha value is -1.55. The van der Waals surface area contributed by atoms with Gasteiger partial charge in [-0.05, 0) is 56.4 Å². The van der Waals surface area contributed by atoms with Crippen LogP contribution in [0.5, 0.6) is 5.75 Å². The van der Waals surface area contributed by atoms with Crippen molar-refractivity contribution in [3.8, 4) is 5.75 Å². The Labute approximate surface area is 114 Å². The van der Waals surface area contributed by atoms with Crippen molar-refractivity contribution < 1.29 is 14.6 Å². The van der Waals surface area contributed by atoms with E-state index in [1.165, 1.54) is 12.5 Å². The second kappa shape index (κ2) is 6.57. The van der Waals surface area contributed by atoms with Gasteiger partial charge in [0, 0.05) is 6.54 Å². The van der Waals surface area contributed by atoms with Crippen molar-refractivity contribution in [2.45, 2.75) is 40.2 Å². The normalized spacial score (nSPS) is 12.1. The van der Waals surface area contributed by atoms with Crippen LogP contribution < -0.4 is 10.1 Å². The third-order valence-electron chi connectivity index (χ3n) is 3.37. The number of methoxy groups -OCH3 is 1. The molecule has 0 radical (unpaired) electrons. The summed E-state index contributed by atoms with van der Waals surface area (Å²) in [4.78, 5) is 11.3. The Morgan fingerprint density at radius 3 is 2.53 bits per heavy atom. The van der Waals surface area contributed by atoms with Crippen LogP contribution in [0.3, 0.4) is 0 Å². The van der Waals surface area contributed by atoms with Gasteiger partial charge in [-0.3, -0.25) is 4.79 Å². The third-order valence-corrected chi connectivity index (χ3v) is 3.37. The molecule has 1 unspecified atom stereocenters. The molecule has 0 bridgehead atoms. The number of hydrogen-bond acceptors (Lipinski definition) is 3. The van der Waals surface area contributed by atoms with Gasteiger partial charge in [0.2, 0.25) is 5.91 Å². The van der Waals surface area contributed by atoms with E-state index in [0.717, 1.165) is 22.4 Å². The summed E-state index contributed by atoms with van der Waals surface area (Å²) in [6, 6.07) is 2.13. The van der Waals surface area contributed by atoms with Crippen molar-refractivity contribution in [3.63, 3.8) is 0 Å². The summed E-state index contributed by atoms with van der Waals surface area (Å²) in [6.45, 7) is 8.08. The number of benzene rings is 1. The maximum absolute atomic E-state index is 11.3. The average molecular weight is 265 g/mol. The van der Waals surface area contributed by atoms with Crippen LogP contribution in [0, 0.1) is 20.8 Å². The maximum Gasteiger partial charge on any atom is 0.248 e. The standard InChI is InChI=1S/C15H23NO3/c1-9-8-10(2)13(14(19-5)11(9)3)6-7-16-15(18)12(4)17/h8,12,17H,6-7H2,1-5H3,(H,16,18). The van der Waals surface area contributed by atoms with Gasteiger partial charge in [-0.1, -0.05) is 6.07 Å². The fourth-order valence-electron chi connectivity index (χ4n) is 2.15. The molecule has 0 aromatic heterocycles. The summed E-state index contributed by atoms with van der Waals surface area (Å²) >= 11 is 0. The second-order valence-electron chi connectivity index (χ2n) is 4.86. The lowest BCUT2D eigenvalue weighted by Crippen LogP contribution is -2.34. The monoisotopic (exact) mass is 265 g/mol. The number of carbonyl (C=O) groups excluding carboxylic acids is 1. The minimum atomic E-state index is -0.970. The zero-order valence-electron chi connectivity index (χ0n) is 12.3. The first-order valence-corrected chi connectivity index (χ1v) is 6.48. The van der Waals surface area contributed by atoms with E-state index < -0.39 is 6.10 Å². The van der Waals surface area contributed by atoms with Crippen molar-refractivity contribution in [2.24, 2.45) is 0 Å². The van der Waals surface area contributed by atoms with Crippen LogP contribution in [0.1, 0.15) is 29.2 Å². The van der Waals surface area contributed by atoms with Crippen LogP contribution in [0.15, 0.2) is 6.07 Å². The number of ether oxygens (including phenoxy) is 1. The number of carbonyl (C=O) groups is 1. The van der Waals surface area contributed by atoms with E-state index in [1.807, 2.05) is 13.8 Å². The minimum Gasteiger partial charge on any atom is -0.496 e.